The van der Waals surface area contributed by atoms with Crippen LogP contribution >= 0.6 is 0 Å². The molecule has 114 valence electrons. The number of non-ortho nitro benzene ring substituents is 1. The Morgan fingerprint density at radius 1 is 1.23 bits per heavy atom. The van der Waals surface area contributed by atoms with Crippen LogP contribution in [0.5, 0.6) is 5.75 Å². The second kappa shape index (κ2) is 6.23. The lowest BCUT2D eigenvalue weighted by Gasteiger charge is -2.09. The van der Waals surface area contributed by atoms with Gasteiger partial charge in [-0.05, 0) is 35.2 Å². The lowest BCUT2D eigenvalue weighted by atomic mass is 9.98. The molecule has 7 heteroatoms. The molecule has 2 aromatic rings. The number of aliphatic carboxylic acids is 1. The number of hydrogen-bond donors (Lipinski definition) is 3. The van der Waals surface area contributed by atoms with Crippen molar-refractivity contribution in [3.8, 4) is 16.9 Å². The quantitative estimate of drug-likeness (QED) is 0.572. The van der Waals surface area contributed by atoms with E-state index < -0.39 is 16.9 Å². The first-order chi connectivity index (χ1) is 10.4. The first kappa shape index (κ1) is 15.5. The molecular weight excluding hydrogens is 288 g/mol. The van der Waals surface area contributed by atoms with E-state index in [1.807, 2.05) is 0 Å². The molecule has 0 amide bonds. The molecule has 2 rings (SSSR count). The van der Waals surface area contributed by atoms with E-state index in [0.29, 0.717) is 16.7 Å². The maximum absolute atomic E-state index is 11.0. The van der Waals surface area contributed by atoms with Crippen molar-refractivity contribution >= 4 is 11.7 Å². The number of benzene rings is 2. The van der Waals surface area contributed by atoms with Crippen LogP contribution in [0.15, 0.2) is 42.5 Å². The number of nitro benzene ring substituents is 1. The van der Waals surface area contributed by atoms with Gasteiger partial charge in [-0.3, -0.25) is 14.9 Å². The molecule has 2 aromatic carbocycles. The maximum Gasteiger partial charge on any atom is 0.320 e. The van der Waals surface area contributed by atoms with Gasteiger partial charge in [0, 0.05) is 12.1 Å². The first-order valence-electron chi connectivity index (χ1n) is 6.43. The van der Waals surface area contributed by atoms with Gasteiger partial charge in [-0.15, -0.1) is 0 Å². The van der Waals surface area contributed by atoms with E-state index >= 15 is 0 Å². The molecule has 0 spiro atoms. The number of aromatic hydroxyl groups is 1. The first-order valence-corrected chi connectivity index (χ1v) is 6.43. The summed E-state index contributed by atoms with van der Waals surface area (Å²) in [6, 6.07) is 9.43. The molecule has 0 bridgehead atoms. The number of nitro groups is 1. The Bertz CT molecular complexity index is 730. The van der Waals surface area contributed by atoms with E-state index in [2.05, 4.69) is 0 Å². The Balaban J connectivity index is 2.48. The molecule has 0 saturated heterocycles. The summed E-state index contributed by atoms with van der Waals surface area (Å²) in [5, 5.41) is 29.4. The Morgan fingerprint density at radius 2 is 1.95 bits per heavy atom. The van der Waals surface area contributed by atoms with Gasteiger partial charge in [0.2, 0.25) is 0 Å². The number of carbonyl (C=O) groups is 1. The van der Waals surface area contributed by atoms with Crippen LogP contribution in [-0.2, 0) is 11.2 Å². The third kappa shape index (κ3) is 3.58. The van der Waals surface area contributed by atoms with Crippen molar-refractivity contribution in [3.63, 3.8) is 0 Å². The highest BCUT2D eigenvalue weighted by molar-refractivity contribution is 5.74. The largest absolute Gasteiger partial charge is 0.508 e. The molecule has 0 aliphatic heterocycles. The summed E-state index contributed by atoms with van der Waals surface area (Å²) in [5.74, 6) is -1.14. The number of nitrogens with two attached hydrogens (primary N) is 1. The van der Waals surface area contributed by atoms with E-state index in [9.17, 15) is 20.0 Å². The van der Waals surface area contributed by atoms with Crippen LogP contribution in [0.4, 0.5) is 5.69 Å². The van der Waals surface area contributed by atoms with Gasteiger partial charge in [0.05, 0.1) is 4.92 Å². The van der Waals surface area contributed by atoms with Crippen LogP contribution < -0.4 is 5.73 Å². The minimum Gasteiger partial charge on any atom is -0.508 e. The fraction of sp³-hybridized carbons (Fsp3) is 0.133. The maximum atomic E-state index is 11.0. The van der Waals surface area contributed by atoms with Crippen LogP contribution in [0.1, 0.15) is 5.56 Å². The molecule has 0 fully saturated rings. The molecule has 1 atom stereocenters. The van der Waals surface area contributed by atoms with Gasteiger partial charge in [0.15, 0.2) is 0 Å². The van der Waals surface area contributed by atoms with E-state index in [1.165, 1.54) is 24.3 Å². The van der Waals surface area contributed by atoms with Gasteiger partial charge in [-0.1, -0.05) is 18.2 Å². The van der Waals surface area contributed by atoms with Gasteiger partial charge in [0.25, 0.3) is 5.69 Å². The van der Waals surface area contributed by atoms with Gasteiger partial charge in [-0.2, -0.15) is 0 Å². The smallest absolute Gasteiger partial charge is 0.320 e. The number of nitrogens with zero attached hydrogens (tertiary/aromatic N) is 1. The minimum atomic E-state index is -1.18. The lowest BCUT2D eigenvalue weighted by Crippen LogP contribution is -2.32. The number of rotatable bonds is 5. The van der Waals surface area contributed by atoms with Crippen molar-refractivity contribution in [2.24, 2.45) is 5.73 Å². The summed E-state index contributed by atoms with van der Waals surface area (Å²) in [6.07, 6.45) is -0.0250. The Labute approximate surface area is 125 Å². The highest BCUT2D eigenvalue weighted by Gasteiger charge is 2.16. The van der Waals surface area contributed by atoms with Crippen LogP contribution in [0, 0.1) is 10.1 Å². The molecule has 22 heavy (non-hydrogen) atoms. The Kier molecular flexibility index (Phi) is 4.38. The third-order valence-corrected chi connectivity index (χ3v) is 3.14. The van der Waals surface area contributed by atoms with Crippen LogP contribution in [0.25, 0.3) is 11.1 Å². The molecule has 0 aliphatic rings. The van der Waals surface area contributed by atoms with Crippen molar-refractivity contribution in [1.82, 2.24) is 0 Å². The van der Waals surface area contributed by atoms with E-state index in [1.54, 1.807) is 18.2 Å². The Hall–Kier alpha value is -2.93. The zero-order valence-electron chi connectivity index (χ0n) is 11.5. The SMILES string of the molecule is NC(Cc1cc(-c2cccc(O)c2)cc([N+](=O)[O-])c1)C(=O)O. The standard InChI is InChI=1S/C15H14N2O5/c16-14(15(19)20)6-9-4-11(7-12(5-9)17(21)22)10-2-1-3-13(18)8-10/h1-5,7-8,14,18H,6,16H2,(H,19,20). The number of phenolic OH excluding ortho intramolecular Hbond substituents is 1. The molecular formula is C15H14N2O5. The second-order valence-corrected chi connectivity index (χ2v) is 4.84. The fourth-order valence-corrected chi connectivity index (χ4v) is 2.09. The van der Waals surface area contributed by atoms with Crippen molar-refractivity contribution in [2.45, 2.75) is 12.5 Å². The topological polar surface area (TPSA) is 127 Å². The van der Waals surface area contributed by atoms with Crippen LogP contribution in [-0.4, -0.2) is 27.1 Å². The van der Waals surface area contributed by atoms with Gasteiger partial charge >= 0.3 is 5.97 Å². The zero-order chi connectivity index (χ0) is 16.3. The molecule has 4 N–H and O–H groups in total. The summed E-state index contributed by atoms with van der Waals surface area (Å²) < 4.78 is 0. The Morgan fingerprint density at radius 3 is 2.55 bits per heavy atom. The summed E-state index contributed by atoms with van der Waals surface area (Å²) in [4.78, 5) is 21.3. The minimum absolute atomic E-state index is 0.0250. The molecule has 7 nitrogen and oxygen atoms in total. The average Bonchev–Trinajstić information content (AvgIpc) is 2.46. The van der Waals surface area contributed by atoms with E-state index in [-0.39, 0.29) is 17.9 Å². The lowest BCUT2D eigenvalue weighted by molar-refractivity contribution is -0.384. The molecule has 0 saturated carbocycles. The predicted molar refractivity (Wildman–Crippen MR) is 79.5 cm³/mol. The van der Waals surface area contributed by atoms with Crippen LogP contribution in [0.3, 0.4) is 0 Å². The van der Waals surface area contributed by atoms with Crippen LogP contribution in [0.2, 0.25) is 0 Å². The highest BCUT2D eigenvalue weighted by atomic mass is 16.6. The normalized spacial score (nSPS) is 11.9. The molecule has 0 radical (unpaired) electrons. The summed E-state index contributed by atoms with van der Waals surface area (Å²) >= 11 is 0. The van der Waals surface area contributed by atoms with Gasteiger partial charge in [0.1, 0.15) is 11.8 Å². The number of carboxylic acids is 1. The zero-order valence-corrected chi connectivity index (χ0v) is 11.5. The van der Waals surface area contributed by atoms with Gasteiger partial charge < -0.3 is 15.9 Å². The third-order valence-electron chi connectivity index (χ3n) is 3.14. The molecule has 0 aromatic heterocycles. The molecule has 1 unspecified atom stereocenters. The van der Waals surface area contributed by atoms with Crippen molar-refractivity contribution < 1.29 is 19.9 Å². The van der Waals surface area contributed by atoms with E-state index in [0.717, 1.165) is 0 Å². The highest BCUT2D eigenvalue weighted by Crippen LogP contribution is 2.28. The second-order valence-electron chi connectivity index (χ2n) is 4.84. The molecule has 0 heterocycles. The molecule has 0 aliphatic carbocycles. The summed E-state index contributed by atoms with van der Waals surface area (Å²) in [5.41, 5.74) is 6.87. The van der Waals surface area contributed by atoms with Crippen molar-refractivity contribution in [1.29, 1.82) is 0 Å². The number of carboxylic acid groups (broad SMARTS) is 1. The number of hydrogen-bond acceptors (Lipinski definition) is 5. The average molecular weight is 302 g/mol. The van der Waals surface area contributed by atoms with Crippen molar-refractivity contribution in [2.75, 3.05) is 0 Å². The monoisotopic (exact) mass is 302 g/mol. The van der Waals surface area contributed by atoms with Gasteiger partial charge in [-0.25, -0.2) is 0 Å². The van der Waals surface area contributed by atoms with E-state index in [4.69, 9.17) is 10.8 Å². The predicted octanol–water partition coefficient (Wildman–Crippen LogP) is 1.92. The fourth-order valence-electron chi connectivity index (χ4n) is 2.09. The number of phenols is 1. The summed E-state index contributed by atoms with van der Waals surface area (Å²) in [6.45, 7) is 0. The van der Waals surface area contributed by atoms with Crippen molar-refractivity contribution in [3.05, 3.63) is 58.1 Å². The summed E-state index contributed by atoms with van der Waals surface area (Å²) in [7, 11) is 0.